The van der Waals surface area contributed by atoms with E-state index < -0.39 is 6.04 Å². The van der Waals surface area contributed by atoms with Crippen LogP contribution in [0.2, 0.25) is 0 Å². The van der Waals surface area contributed by atoms with Gasteiger partial charge in [-0.1, -0.05) is 44.1 Å². The predicted octanol–water partition coefficient (Wildman–Crippen LogP) is 5.41. The van der Waals surface area contributed by atoms with E-state index in [1.807, 2.05) is 12.4 Å². The largest absolute Gasteiger partial charge is 0.461 e. The minimum absolute atomic E-state index is 0.0295. The van der Waals surface area contributed by atoms with E-state index in [0.717, 1.165) is 50.4 Å². The van der Waals surface area contributed by atoms with Crippen LogP contribution in [0.1, 0.15) is 83.6 Å². The van der Waals surface area contributed by atoms with Crippen LogP contribution in [0.4, 0.5) is 0 Å². The van der Waals surface area contributed by atoms with E-state index in [1.165, 1.54) is 36.0 Å². The molecule has 2 saturated carbocycles. The number of pyridine rings is 1. The van der Waals surface area contributed by atoms with E-state index in [2.05, 4.69) is 43.1 Å². The standard InChI is InChI=1S/C30H43N3O2/c1-29-14-12-22(35-28(34)27(32)7-3-4-16-31)18-21(29)8-9-23-25-11-10-24(20-6-5-17-33-19-20)30(25,2)15-13-26(23)29/h5-6,8,10,17,19,22-23,25-27H,3-4,7,9,11-16,18,31-32H2,1-2H3. The second-order valence-electron chi connectivity index (χ2n) is 12.0. The van der Waals surface area contributed by atoms with Gasteiger partial charge in [-0.3, -0.25) is 9.78 Å². The van der Waals surface area contributed by atoms with E-state index in [1.54, 1.807) is 0 Å². The van der Waals surface area contributed by atoms with Crippen LogP contribution in [0.25, 0.3) is 5.57 Å². The molecule has 0 spiro atoms. The summed E-state index contributed by atoms with van der Waals surface area (Å²) >= 11 is 0. The molecule has 0 aliphatic heterocycles. The van der Waals surface area contributed by atoms with Crippen molar-refractivity contribution < 1.29 is 9.53 Å². The number of allylic oxidation sites excluding steroid dienone is 3. The van der Waals surface area contributed by atoms with Gasteiger partial charge in [0.25, 0.3) is 0 Å². The van der Waals surface area contributed by atoms with Crippen LogP contribution in [0, 0.1) is 28.6 Å². The Morgan fingerprint density at radius 2 is 1.97 bits per heavy atom. The zero-order chi connectivity index (χ0) is 24.6. The Hall–Kier alpha value is -1.98. The Balaban J connectivity index is 1.26. The molecule has 4 aliphatic carbocycles. The molecule has 5 rings (SSSR count). The van der Waals surface area contributed by atoms with E-state index in [9.17, 15) is 4.79 Å². The van der Waals surface area contributed by atoms with Crippen LogP contribution in [0.5, 0.6) is 0 Å². The second kappa shape index (κ2) is 9.82. The first kappa shape index (κ1) is 24.7. The average Bonchev–Trinajstić information content (AvgIpc) is 3.22. The molecular weight excluding hydrogens is 434 g/mol. The lowest BCUT2D eigenvalue weighted by molar-refractivity contribution is -0.153. The summed E-state index contributed by atoms with van der Waals surface area (Å²) in [5.41, 5.74) is 16.5. The van der Waals surface area contributed by atoms with Crippen molar-refractivity contribution >= 4 is 11.5 Å². The number of carbonyl (C=O) groups excluding carboxylic acids is 1. The first-order valence-electron chi connectivity index (χ1n) is 13.8. The molecule has 2 fully saturated rings. The molecule has 190 valence electrons. The number of carbonyl (C=O) groups is 1. The highest BCUT2D eigenvalue weighted by atomic mass is 16.5. The van der Waals surface area contributed by atoms with Crippen molar-refractivity contribution in [2.24, 2.45) is 40.1 Å². The van der Waals surface area contributed by atoms with E-state index >= 15 is 0 Å². The quantitative estimate of drug-likeness (QED) is 0.311. The van der Waals surface area contributed by atoms with E-state index in [4.69, 9.17) is 16.2 Å². The molecule has 4 N–H and O–H groups in total. The summed E-state index contributed by atoms with van der Waals surface area (Å²) in [6.45, 7) is 5.65. The zero-order valence-electron chi connectivity index (χ0n) is 21.5. The maximum atomic E-state index is 12.6. The molecule has 0 saturated heterocycles. The molecule has 7 unspecified atom stereocenters. The van der Waals surface area contributed by atoms with Gasteiger partial charge < -0.3 is 16.2 Å². The maximum Gasteiger partial charge on any atom is 0.323 e. The van der Waals surface area contributed by atoms with Crippen molar-refractivity contribution in [1.29, 1.82) is 0 Å². The lowest BCUT2D eigenvalue weighted by Crippen LogP contribution is -2.50. The minimum atomic E-state index is -0.528. The van der Waals surface area contributed by atoms with E-state index in [-0.39, 0.29) is 22.9 Å². The third-order valence-corrected chi connectivity index (χ3v) is 10.2. The summed E-state index contributed by atoms with van der Waals surface area (Å²) < 4.78 is 5.91. The molecule has 1 aromatic heterocycles. The number of hydrogen-bond donors (Lipinski definition) is 2. The summed E-state index contributed by atoms with van der Waals surface area (Å²) in [7, 11) is 0. The molecule has 5 heteroatoms. The lowest BCUT2D eigenvalue weighted by Gasteiger charge is -2.57. The van der Waals surface area contributed by atoms with Gasteiger partial charge in [0.05, 0.1) is 0 Å². The normalized spacial score (nSPS) is 36.8. The first-order valence-corrected chi connectivity index (χ1v) is 13.8. The minimum Gasteiger partial charge on any atom is -0.461 e. The highest BCUT2D eigenvalue weighted by molar-refractivity contribution is 5.75. The summed E-state index contributed by atoms with van der Waals surface area (Å²) in [6, 6.07) is 3.76. The molecule has 0 bridgehead atoms. The Morgan fingerprint density at radius 1 is 1.14 bits per heavy atom. The van der Waals surface area contributed by atoms with Crippen LogP contribution in [0.3, 0.4) is 0 Å². The fraction of sp³-hybridized carbons (Fsp3) is 0.667. The van der Waals surface area contributed by atoms with E-state index in [0.29, 0.717) is 18.9 Å². The Labute approximate surface area is 210 Å². The molecule has 0 aromatic carbocycles. The van der Waals surface area contributed by atoms with Gasteiger partial charge in [-0.05, 0) is 104 Å². The number of esters is 1. The molecule has 5 nitrogen and oxygen atoms in total. The van der Waals surface area contributed by atoms with Gasteiger partial charge >= 0.3 is 5.97 Å². The third-order valence-electron chi connectivity index (χ3n) is 10.2. The summed E-state index contributed by atoms with van der Waals surface area (Å²) in [4.78, 5) is 17.0. The Bertz CT molecular complexity index is 989. The smallest absolute Gasteiger partial charge is 0.323 e. The van der Waals surface area contributed by atoms with Gasteiger partial charge in [0.1, 0.15) is 12.1 Å². The topological polar surface area (TPSA) is 91.2 Å². The predicted molar refractivity (Wildman–Crippen MR) is 140 cm³/mol. The SMILES string of the molecule is CC12CCC(OC(=O)C(N)CCCCN)CC1=CCC1C2CCC2(C)C(c3cccnc3)=CCC12. The number of unbranched alkanes of at least 4 members (excludes halogenated alkanes) is 1. The summed E-state index contributed by atoms with van der Waals surface area (Å²) in [5, 5.41) is 0. The number of fused-ring (bicyclic) bond motifs is 5. The fourth-order valence-corrected chi connectivity index (χ4v) is 8.14. The van der Waals surface area contributed by atoms with Gasteiger partial charge in [-0.25, -0.2) is 0 Å². The molecule has 7 atom stereocenters. The number of ether oxygens (including phenoxy) is 1. The Kier molecular flexibility index (Phi) is 6.93. The lowest BCUT2D eigenvalue weighted by atomic mass is 9.47. The van der Waals surface area contributed by atoms with Gasteiger partial charge in [0.15, 0.2) is 0 Å². The monoisotopic (exact) mass is 477 g/mol. The molecule has 1 heterocycles. The van der Waals surface area contributed by atoms with Crippen molar-refractivity contribution in [2.45, 2.75) is 90.2 Å². The number of nitrogens with zero attached hydrogens (tertiary/aromatic N) is 1. The molecule has 0 amide bonds. The van der Waals surface area contributed by atoms with Gasteiger partial charge in [-0.15, -0.1) is 0 Å². The van der Waals surface area contributed by atoms with Crippen LogP contribution in [0.15, 0.2) is 42.3 Å². The number of nitrogens with two attached hydrogens (primary N) is 2. The molecule has 1 aromatic rings. The first-order chi connectivity index (χ1) is 16.9. The average molecular weight is 478 g/mol. The fourth-order valence-electron chi connectivity index (χ4n) is 8.14. The van der Waals surface area contributed by atoms with Gasteiger partial charge in [-0.2, -0.15) is 0 Å². The van der Waals surface area contributed by atoms with Crippen molar-refractivity contribution in [3.8, 4) is 0 Å². The molecule has 35 heavy (non-hydrogen) atoms. The molecule has 4 aliphatic rings. The second-order valence-corrected chi connectivity index (χ2v) is 12.0. The summed E-state index contributed by atoms with van der Waals surface area (Å²) in [5.74, 6) is 1.91. The van der Waals surface area contributed by atoms with Crippen molar-refractivity contribution in [1.82, 2.24) is 4.98 Å². The highest BCUT2D eigenvalue weighted by Crippen LogP contribution is 2.66. The van der Waals surface area contributed by atoms with Crippen molar-refractivity contribution in [3.63, 3.8) is 0 Å². The zero-order valence-corrected chi connectivity index (χ0v) is 21.5. The van der Waals surface area contributed by atoms with Crippen molar-refractivity contribution in [3.05, 3.63) is 47.8 Å². The third kappa shape index (κ3) is 4.40. The number of aromatic nitrogens is 1. The van der Waals surface area contributed by atoms with Crippen LogP contribution >= 0.6 is 0 Å². The maximum absolute atomic E-state index is 12.6. The van der Waals surface area contributed by atoms with Crippen molar-refractivity contribution in [2.75, 3.05) is 6.54 Å². The molecule has 0 radical (unpaired) electrons. The highest BCUT2D eigenvalue weighted by Gasteiger charge is 2.57. The number of hydrogen-bond acceptors (Lipinski definition) is 5. The van der Waals surface area contributed by atoms with Gasteiger partial charge in [0, 0.05) is 18.8 Å². The van der Waals surface area contributed by atoms with Crippen LogP contribution < -0.4 is 11.5 Å². The van der Waals surface area contributed by atoms with Crippen LogP contribution in [-0.2, 0) is 9.53 Å². The van der Waals surface area contributed by atoms with Gasteiger partial charge in [0.2, 0.25) is 0 Å². The van der Waals surface area contributed by atoms with Crippen LogP contribution in [-0.4, -0.2) is 29.6 Å². The number of rotatable bonds is 7. The molecular formula is C30H43N3O2. The Morgan fingerprint density at radius 3 is 2.74 bits per heavy atom. The summed E-state index contributed by atoms with van der Waals surface area (Å²) in [6.07, 6.45) is 19.1.